The Bertz CT molecular complexity index is 648. The Morgan fingerprint density at radius 2 is 2.16 bits per heavy atom. The molecule has 1 aliphatic heterocycles. The largest absolute Gasteiger partial charge is 0.368 e. The summed E-state index contributed by atoms with van der Waals surface area (Å²) in [6, 6.07) is 7.39. The number of carbonyl (C=O) groups is 1. The van der Waals surface area contributed by atoms with Gasteiger partial charge in [0.05, 0.1) is 0 Å². The molecule has 96 valence electrons. The quantitative estimate of drug-likeness (QED) is 0.753. The van der Waals surface area contributed by atoms with Crippen LogP contribution in [0.25, 0.3) is 0 Å². The molecule has 0 spiro atoms. The van der Waals surface area contributed by atoms with Gasteiger partial charge in [0, 0.05) is 29.6 Å². The normalized spacial score (nSPS) is 13.0. The monoisotopic (exact) mass is 255 g/mol. The molecule has 0 atom stereocenters. The molecule has 6 nitrogen and oxygen atoms in total. The number of anilines is 3. The highest BCUT2D eigenvalue weighted by Gasteiger charge is 2.18. The predicted octanol–water partition coefficient (Wildman–Crippen LogP) is 1.35. The van der Waals surface area contributed by atoms with E-state index in [9.17, 15) is 4.79 Å². The van der Waals surface area contributed by atoms with Crippen LogP contribution in [0.3, 0.4) is 0 Å². The van der Waals surface area contributed by atoms with E-state index in [-0.39, 0.29) is 11.9 Å². The molecular weight excluding hydrogens is 242 g/mol. The van der Waals surface area contributed by atoms with Crippen molar-refractivity contribution in [3.8, 4) is 0 Å². The van der Waals surface area contributed by atoms with Crippen LogP contribution in [0.1, 0.15) is 21.6 Å². The summed E-state index contributed by atoms with van der Waals surface area (Å²) in [5, 5.41) is 5.94. The number of hydrogen-bond donors (Lipinski definition) is 3. The average molecular weight is 255 g/mol. The van der Waals surface area contributed by atoms with Crippen molar-refractivity contribution in [3.05, 3.63) is 41.1 Å². The molecular formula is C13H13N5O. The Morgan fingerprint density at radius 1 is 1.32 bits per heavy atom. The zero-order chi connectivity index (χ0) is 13.4. The average Bonchev–Trinajstić information content (AvgIpc) is 2.69. The second kappa shape index (κ2) is 4.24. The van der Waals surface area contributed by atoms with Crippen LogP contribution < -0.4 is 16.4 Å². The molecule has 0 fully saturated rings. The lowest BCUT2D eigenvalue weighted by molar-refractivity contribution is 0.0966. The highest BCUT2D eigenvalue weighted by Crippen LogP contribution is 2.22. The van der Waals surface area contributed by atoms with Gasteiger partial charge in [-0.05, 0) is 30.7 Å². The van der Waals surface area contributed by atoms with Crippen LogP contribution in [-0.4, -0.2) is 15.9 Å². The van der Waals surface area contributed by atoms with Gasteiger partial charge in [0.1, 0.15) is 5.82 Å². The van der Waals surface area contributed by atoms with Gasteiger partial charge in [-0.25, -0.2) is 4.98 Å². The molecule has 1 aliphatic rings. The van der Waals surface area contributed by atoms with Crippen LogP contribution in [0.15, 0.2) is 24.3 Å². The standard InChI is InChI=1S/C13H13N5O/c1-7-4-11(18-13(14)16-7)17-9-2-3-10-8(5-9)6-15-12(10)19/h2-5H,6H2,1H3,(H,15,19)(H3,14,16,17,18). The van der Waals surface area contributed by atoms with E-state index < -0.39 is 0 Å². The molecule has 4 N–H and O–H groups in total. The zero-order valence-electron chi connectivity index (χ0n) is 10.4. The fraction of sp³-hybridized carbons (Fsp3) is 0.154. The van der Waals surface area contributed by atoms with Crippen molar-refractivity contribution in [1.82, 2.24) is 15.3 Å². The summed E-state index contributed by atoms with van der Waals surface area (Å²) >= 11 is 0. The van der Waals surface area contributed by atoms with Gasteiger partial charge < -0.3 is 16.4 Å². The second-order valence-corrected chi connectivity index (χ2v) is 4.43. The van der Waals surface area contributed by atoms with Crippen molar-refractivity contribution in [3.63, 3.8) is 0 Å². The van der Waals surface area contributed by atoms with Crippen molar-refractivity contribution in [2.45, 2.75) is 13.5 Å². The third kappa shape index (κ3) is 2.20. The lowest BCUT2D eigenvalue weighted by atomic mass is 10.1. The molecule has 0 saturated heterocycles. The summed E-state index contributed by atoms with van der Waals surface area (Å²) in [5.74, 6) is 0.853. The van der Waals surface area contributed by atoms with Crippen LogP contribution in [0.4, 0.5) is 17.5 Å². The van der Waals surface area contributed by atoms with Gasteiger partial charge in [-0.2, -0.15) is 4.98 Å². The lowest BCUT2D eigenvalue weighted by Crippen LogP contribution is -2.12. The minimum absolute atomic E-state index is 0.0244. The number of nitrogens with two attached hydrogens (primary N) is 1. The first-order chi connectivity index (χ1) is 9.11. The molecule has 1 aromatic carbocycles. The molecule has 1 amide bonds. The van der Waals surface area contributed by atoms with Crippen LogP contribution in [-0.2, 0) is 6.54 Å². The van der Waals surface area contributed by atoms with Gasteiger partial charge in [0.15, 0.2) is 0 Å². The number of rotatable bonds is 2. The fourth-order valence-corrected chi connectivity index (χ4v) is 2.11. The number of benzene rings is 1. The van der Waals surface area contributed by atoms with E-state index in [4.69, 9.17) is 5.73 Å². The van der Waals surface area contributed by atoms with Crippen LogP contribution >= 0.6 is 0 Å². The number of nitrogens with zero attached hydrogens (tertiary/aromatic N) is 2. The summed E-state index contributed by atoms with van der Waals surface area (Å²) in [4.78, 5) is 19.6. The number of nitrogen functional groups attached to an aromatic ring is 1. The molecule has 0 bridgehead atoms. The van der Waals surface area contributed by atoms with E-state index in [2.05, 4.69) is 20.6 Å². The minimum Gasteiger partial charge on any atom is -0.368 e. The topological polar surface area (TPSA) is 92.9 Å². The third-order valence-electron chi connectivity index (χ3n) is 2.93. The Morgan fingerprint density at radius 3 is 2.95 bits per heavy atom. The molecule has 2 heterocycles. The second-order valence-electron chi connectivity index (χ2n) is 4.43. The smallest absolute Gasteiger partial charge is 0.251 e. The summed E-state index contributed by atoms with van der Waals surface area (Å²) in [5.41, 5.74) is 8.98. The highest BCUT2D eigenvalue weighted by atomic mass is 16.1. The van der Waals surface area contributed by atoms with E-state index >= 15 is 0 Å². The number of fused-ring (bicyclic) bond motifs is 1. The maximum absolute atomic E-state index is 11.5. The van der Waals surface area contributed by atoms with Gasteiger partial charge in [-0.3, -0.25) is 4.79 Å². The van der Waals surface area contributed by atoms with Crippen LogP contribution in [0.2, 0.25) is 0 Å². The number of hydrogen-bond acceptors (Lipinski definition) is 5. The lowest BCUT2D eigenvalue weighted by Gasteiger charge is -2.08. The van der Waals surface area contributed by atoms with E-state index in [1.54, 1.807) is 6.07 Å². The van der Waals surface area contributed by atoms with Gasteiger partial charge in [0.2, 0.25) is 5.95 Å². The molecule has 19 heavy (non-hydrogen) atoms. The summed E-state index contributed by atoms with van der Waals surface area (Å²) in [6.45, 7) is 2.42. The summed E-state index contributed by atoms with van der Waals surface area (Å²) in [7, 11) is 0. The number of aromatic nitrogens is 2. The number of nitrogens with one attached hydrogen (secondary N) is 2. The maximum atomic E-state index is 11.5. The van der Waals surface area contributed by atoms with Crippen molar-refractivity contribution >= 4 is 23.4 Å². The van der Waals surface area contributed by atoms with E-state index in [1.807, 2.05) is 25.1 Å². The molecule has 0 radical (unpaired) electrons. The molecule has 6 heteroatoms. The van der Waals surface area contributed by atoms with Crippen molar-refractivity contribution < 1.29 is 4.79 Å². The molecule has 0 unspecified atom stereocenters. The predicted molar refractivity (Wildman–Crippen MR) is 72.1 cm³/mol. The minimum atomic E-state index is -0.0244. The molecule has 3 rings (SSSR count). The van der Waals surface area contributed by atoms with E-state index in [0.717, 1.165) is 22.5 Å². The molecule has 0 aliphatic carbocycles. The first-order valence-electron chi connectivity index (χ1n) is 5.91. The first kappa shape index (κ1) is 11.5. The Labute approximate surface area is 110 Å². The number of aryl methyl sites for hydroxylation is 1. The van der Waals surface area contributed by atoms with Gasteiger partial charge in [-0.15, -0.1) is 0 Å². The van der Waals surface area contributed by atoms with Crippen molar-refractivity contribution in [1.29, 1.82) is 0 Å². The summed E-state index contributed by atoms with van der Waals surface area (Å²) < 4.78 is 0. The van der Waals surface area contributed by atoms with Gasteiger partial charge >= 0.3 is 0 Å². The van der Waals surface area contributed by atoms with Crippen LogP contribution in [0.5, 0.6) is 0 Å². The Balaban J connectivity index is 1.90. The Kier molecular flexibility index (Phi) is 2.56. The zero-order valence-corrected chi connectivity index (χ0v) is 10.4. The molecule has 0 saturated carbocycles. The maximum Gasteiger partial charge on any atom is 0.251 e. The van der Waals surface area contributed by atoms with Crippen LogP contribution in [0, 0.1) is 6.92 Å². The SMILES string of the molecule is Cc1cc(Nc2ccc3c(c2)CNC3=O)nc(N)n1. The number of amides is 1. The molecule has 1 aromatic heterocycles. The van der Waals surface area contributed by atoms with Crippen molar-refractivity contribution in [2.24, 2.45) is 0 Å². The van der Waals surface area contributed by atoms with E-state index in [1.165, 1.54) is 0 Å². The first-order valence-corrected chi connectivity index (χ1v) is 5.91. The summed E-state index contributed by atoms with van der Waals surface area (Å²) in [6.07, 6.45) is 0. The number of carbonyl (C=O) groups excluding carboxylic acids is 1. The highest BCUT2D eigenvalue weighted by molar-refractivity contribution is 5.98. The fourth-order valence-electron chi connectivity index (χ4n) is 2.11. The Hall–Kier alpha value is -2.63. The van der Waals surface area contributed by atoms with Gasteiger partial charge in [-0.1, -0.05) is 0 Å². The van der Waals surface area contributed by atoms with E-state index in [0.29, 0.717) is 12.4 Å². The molecule has 2 aromatic rings. The van der Waals surface area contributed by atoms with Gasteiger partial charge in [0.25, 0.3) is 5.91 Å². The third-order valence-corrected chi connectivity index (χ3v) is 2.93. The van der Waals surface area contributed by atoms with Crippen molar-refractivity contribution in [2.75, 3.05) is 11.1 Å².